The van der Waals surface area contributed by atoms with E-state index in [1.54, 1.807) is 23.7 Å². The number of hydrogen-bond donors (Lipinski definition) is 2. The van der Waals surface area contributed by atoms with Crippen molar-refractivity contribution in [3.05, 3.63) is 40.8 Å². The molecule has 0 aliphatic heterocycles. The molecule has 0 aliphatic carbocycles. The van der Waals surface area contributed by atoms with E-state index in [9.17, 15) is 8.42 Å². The lowest BCUT2D eigenvalue weighted by Crippen LogP contribution is -2.27. The topological polar surface area (TPSA) is 71.1 Å². The minimum absolute atomic E-state index is 0.289. The molecule has 0 unspecified atom stereocenters. The van der Waals surface area contributed by atoms with Crippen LogP contribution in [0.1, 0.15) is 19.0 Å². The van der Waals surface area contributed by atoms with E-state index >= 15 is 0 Å². The van der Waals surface area contributed by atoms with Crippen molar-refractivity contribution < 1.29 is 8.42 Å². The van der Waals surface area contributed by atoms with E-state index in [2.05, 4.69) is 15.0 Å². The summed E-state index contributed by atoms with van der Waals surface area (Å²) in [6.45, 7) is 3.12. The van der Waals surface area contributed by atoms with Gasteiger partial charge in [-0.2, -0.15) is 0 Å². The molecule has 1 aromatic heterocycles. The molecule has 1 aromatic carbocycles. The summed E-state index contributed by atoms with van der Waals surface area (Å²) in [4.78, 5) is 4.43. The van der Waals surface area contributed by atoms with E-state index in [-0.39, 0.29) is 4.90 Å². The van der Waals surface area contributed by atoms with Gasteiger partial charge in [-0.05, 0) is 18.6 Å². The fourth-order valence-corrected chi connectivity index (χ4v) is 3.67. The molecule has 114 valence electrons. The lowest BCUT2D eigenvalue weighted by molar-refractivity contribution is 0.581. The molecule has 2 rings (SSSR count). The lowest BCUT2D eigenvalue weighted by atomic mass is 10.3. The molecule has 0 saturated carbocycles. The van der Waals surface area contributed by atoms with Gasteiger partial charge < -0.3 is 5.32 Å². The molecular weight excluding hydrogens is 306 g/mol. The molecule has 0 fully saturated rings. The average Bonchev–Trinajstić information content (AvgIpc) is 2.98. The maximum Gasteiger partial charge on any atom is 0.242 e. The Balaban J connectivity index is 2.04. The summed E-state index contributed by atoms with van der Waals surface area (Å²) in [5.41, 5.74) is 3.29. The summed E-state index contributed by atoms with van der Waals surface area (Å²) in [5, 5.41) is 5.06. The third-order valence-corrected chi connectivity index (χ3v) is 5.05. The summed E-state index contributed by atoms with van der Waals surface area (Å²) < 4.78 is 27.4. The highest BCUT2D eigenvalue weighted by Crippen LogP contribution is 2.20. The standard InChI is InChI=1S/C14H19N3O2S2/c1-2-8-15-13-5-3-4-6-14(13)21(18,19)17-9-7-12-10-20-11-16-12/h3-6,10-11,15,17H,2,7-9H2,1H3. The molecule has 0 aliphatic rings. The van der Waals surface area contributed by atoms with Crippen LogP contribution in [0.2, 0.25) is 0 Å². The molecule has 0 atom stereocenters. The summed E-state index contributed by atoms with van der Waals surface area (Å²) >= 11 is 1.51. The van der Waals surface area contributed by atoms with Gasteiger partial charge in [0.25, 0.3) is 0 Å². The summed E-state index contributed by atoms with van der Waals surface area (Å²) in [6.07, 6.45) is 1.53. The van der Waals surface area contributed by atoms with Crippen molar-refractivity contribution in [3.8, 4) is 0 Å². The van der Waals surface area contributed by atoms with Crippen LogP contribution >= 0.6 is 11.3 Å². The van der Waals surface area contributed by atoms with E-state index < -0.39 is 10.0 Å². The Bertz CT molecular complexity index is 655. The molecule has 7 heteroatoms. The fraction of sp³-hybridized carbons (Fsp3) is 0.357. The predicted octanol–water partition coefficient (Wildman–Crippen LogP) is 2.49. The molecule has 0 spiro atoms. The predicted molar refractivity (Wildman–Crippen MR) is 86.2 cm³/mol. The average molecular weight is 325 g/mol. The number of sulfonamides is 1. The molecular formula is C14H19N3O2S2. The van der Waals surface area contributed by atoms with Gasteiger partial charge in [-0.15, -0.1) is 11.3 Å². The molecule has 5 nitrogen and oxygen atoms in total. The number of nitrogens with zero attached hydrogens (tertiary/aromatic N) is 1. The molecule has 2 aromatic rings. The van der Waals surface area contributed by atoms with Gasteiger partial charge in [-0.3, -0.25) is 0 Å². The highest BCUT2D eigenvalue weighted by atomic mass is 32.2. The van der Waals surface area contributed by atoms with Gasteiger partial charge in [-0.25, -0.2) is 18.1 Å². The first kappa shape index (κ1) is 15.9. The van der Waals surface area contributed by atoms with Crippen LogP contribution in [-0.2, 0) is 16.4 Å². The Morgan fingerprint density at radius 1 is 1.24 bits per heavy atom. The van der Waals surface area contributed by atoms with Gasteiger partial charge in [0.05, 0.1) is 16.9 Å². The van der Waals surface area contributed by atoms with Crippen molar-refractivity contribution in [1.82, 2.24) is 9.71 Å². The Morgan fingerprint density at radius 2 is 2.05 bits per heavy atom. The van der Waals surface area contributed by atoms with Crippen LogP contribution in [0, 0.1) is 0 Å². The number of hydrogen-bond acceptors (Lipinski definition) is 5. The van der Waals surface area contributed by atoms with Crippen molar-refractivity contribution in [1.29, 1.82) is 0 Å². The SMILES string of the molecule is CCCNc1ccccc1S(=O)(=O)NCCc1cscn1. The summed E-state index contributed by atoms with van der Waals surface area (Å²) in [7, 11) is -3.51. The zero-order valence-electron chi connectivity index (χ0n) is 11.9. The Kier molecular flexibility index (Phi) is 5.72. The highest BCUT2D eigenvalue weighted by Gasteiger charge is 2.17. The second-order valence-electron chi connectivity index (χ2n) is 4.55. The van der Waals surface area contributed by atoms with Crippen molar-refractivity contribution in [2.75, 3.05) is 18.4 Å². The van der Waals surface area contributed by atoms with Gasteiger partial charge in [-0.1, -0.05) is 19.1 Å². The van der Waals surface area contributed by atoms with Crippen LogP contribution in [0.4, 0.5) is 5.69 Å². The smallest absolute Gasteiger partial charge is 0.242 e. The molecule has 0 saturated heterocycles. The Hall–Kier alpha value is -1.44. The maximum atomic E-state index is 12.4. The largest absolute Gasteiger partial charge is 0.384 e. The first-order valence-corrected chi connectivity index (χ1v) is 9.25. The molecule has 1 heterocycles. The lowest BCUT2D eigenvalue weighted by Gasteiger charge is -2.12. The number of aromatic nitrogens is 1. The number of nitrogens with one attached hydrogen (secondary N) is 2. The highest BCUT2D eigenvalue weighted by molar-refractivity contribution is 7.89. The number of rotatable bonds is 8. The van der Waals surface area contributed by atoms with Crippen LogP contribution in [0.15, 0.2) is 40.1 Å². The number of benzene rings is 1. The third-order valence-electron chi connectivity index (χ3n) is 2.90. The van der Waals surface area contributed by atoms with Gasteiger partial charge in [0, 0.05) is 24.9 Å². The van der Waals surface area contributed by atoms with Crippen molar-refractivity contribution in [2.24, 2.45) is 0 Å². The van der Waals surface area contributed by atoms with Gasteiger partial charge in [0.1, 0.15) is 4.90 Å². The van der Waals surface area contributed by atoms with Crippen LogP contribution in [0.3, 0.4) is 0 Å². The Morgan fingerprint density at radius 3 is 2.76 bits per heavy atom. The minimum Gasteiger partial charge on any atom is -0.384 e. The van der Waals surface area contributed by atoms with E-state index in [0.717, 1.165) is 18.7 Å². The fourth-order valence-electron chi connectivity index (χ4n) is 1.86. The molecule has 0 radical (unpaired) electrons. The zero-order valence-corrected chi connectivity index (χ0v) is 13.5. The van der Waals surface area contributed by atoms with Crippen molar-refractivity contribution in [3.63, 3.8) is 0 Å². The molecule has 0 bridgehead atoms. The van der Waals surface area contributed by atoms with Crippen LogP contribution in [0.5, 0.6) is 0 Å². The Labute approximate surface area is 129 Å². The maximum absolute atomic E-state index is 12.4. The normalized spacial score (nSPS) is 11.5. The van der Waals surface area contributed by atoms with Crippen molar-refractivity contribution in [2.45, 2.75) is 24.7 Å². The second kappa shape index (κ2) is 7.53. The molecule has 2 N–H and O–H groups in total. The number of para-hydroxylation sites is 1. The van der Waals surface area contributed by atoms with Gasteiger partial charge in [0.15, 0.2) is 0 Å². The van der Waals surface area contributed by atoms with Gasteiger partial charge in [0.2, 0.25) is 10.0 Å². The van der Waals surface area contributed by atoms with E-state index in [1.807, 2.05) is 18.4 Å². The summed E-state index contributed by atoms with van der Waals surface area (Å²) in [5.74, 6) is 0. The quantitative estimate of drug-likeness (QED) is 0.782. The first-order chi connectivity index (χ1) is 10.1. The zero-order chi connectivity index (χ0) is 15.1. The van der Waals surface area contributed by atoms with E-state index in [1.165, 1.54) is 11.3 Å². The first-order valence-electron chi connectivity index (χ1n) is 6.83. The molecule has 0 amide bonds. The summed E-state index contributed by atoms with van der Waals surface area (Å²) in [6, 6.07) is 6.95. The van der Waals surface area contributed by atoms with E-state index in [4.69, 9.17) is 0 Å². The number of thiazole rings is 1. The number of anilines is 1. The van der Waals surface area contributed by atoms with Gasteiger partial charge >= 0.3 is 0 Å². The minimum atomic E-state index is -3.51. The van der Waals surface area contributed by atoms with Crippen LogP contribution in [0.25, 0.3) is 0 Å². The van der Waals surface area contributed by atoms with Crippen LogP contribution < -0.4 is 10.0 Å². The third kappa shape index (κ3) is 4.52. The monoisotopic (exact) mass is 325 g/mol. The molecule has 21 heavy (non-hydrogen) atoms. The second-order valence-corrected chi connectivity index (χ2v) is 7.00. The van der Waals surface area contributed by atoms with Crippen molar-refractivity contribution >= 4 is 27.0 Å². The van der Waals surface area contributed by atoms with Crippen LogP contribution in [-0.4, -0.2) is 26.5 Å². The van der Waals surface area contributed by atoms with E-state index in [0.29, 0.717) is 18.7 Å².